The summed E-state index contributed by atoms with van der Waals surface area (Å²) in [5, 5.41) is 0. The second-order valence-corrected chi connectivity index (χ2v) is 9.55. The van der Waals surface area contributed by atoms with Gasteiger partial charge in [0.1, 0.15) is 16.2 Å². The molecule has 0 unspecified atom stereocenters. The van der Waals surface area contributed by atoms with E-state index in [4.69, 9.17) is 15.5 Å². The first-order valence-electron chi connectivity index (χ1n) is 9.93. The van der Waals surface area contributed by atoms with Crippen LogP contribution in [0.3, 0.4) is 0 Å². The number of nitrogen functional groups attached to an aromatic ring is 1. The predicted octanol–water partition coefficient (Wildman–Crippen LogP) is 3.49. The van der Waals surface area contributed by atoms with Crippen LogP contribution in [0.25, 0.3) is 22.2 Å². The zero-order chi connectivity index (χ0) is 20.9. The number of fused-ring (bicyclic) bond motifs is 2. The van der Waals surface area contributed by atoms with Gasteiger partial charge in [0.2, 0.25) is 9.84 Å². The molecule has 1 atom stereocenters. The van der Waals surface area contributed by atoms with Gasteiger partial charge in [0.05, 0.1) is 28.6 Å². The minimum atomic E-state index is -3.89. The lowest BCUT2D eigenvalue weighted by atomic mass is 10.2. The fourth-order valence-electron chi connectivity index (χ4n) is 4.03. The standard InChI is InChI=1S/C22H22N4O3S/c1-14-6-4-8-16(12-14)30(27,28)20-19-22(25-18-10-3-2-9-17(18)24-19)26(21(20)23)13-15-7-5-11-29-15/h2-4,6,8-10,12,15H,5,7,11,13,23H2,1H3/t15-/m0/s1. The molecule has 0 saturated carbocycles. The molecule has 2 N–H and O–H groups in total. The van der Waals surface area contributed by atoms with E-state index in [1.807, 2.05) is 37.3 Å². The van der Waals surface area contributed by atoms with E-state index >= 15 is 0 Å². The monoisotopic (exact) mass is 422 g/mol. The Morgan fingerprint density at radius 1 is 1.13 bits per heavy atom. The Hall–Kier alpha value is -2.97. The van der Waals surface area contributed by atoms with E-state index < -0.39 is 9.84 Å². The van der Waals surface area contributed by atoms with Crippen LogP contribution in [0.5, 0.6) is 0 Å². The molecular weight excluding hydrogens is 400 g/mol. The second kappa shape index (κ2) is 7.07. The number of nitrogens with zero attached hydrogens (tertiary/aromatic N) is 3. The Labute approximate surface area is 174 Å². The minimum absolute atomic E-state index is 0.0133. The topological polar surface area (TPSA) is 100 Å². The van der Waals surface area contributed by atoms with Crippen LogP contribution in [0.1, 0.15) is 18.4 Å². The van der Waals surface area contributed by atoms with Crippen molar-refractivity contribution >= 4 is 37.9 Å². The first kappa shape index (κ1) is 19.0. The van der Waals surface area contributed by atoms with Crippen molar-refractivity contribution in [1.82, 2.24) is 14.5 Å². The summed E-state index contributed by atoms with van der Waals surface area (Å²) >= 11 is 0. The van der Waals surface area contributed by atoms with Crippen molar-refractivity contribution in [2.24, 2.45) is 0 Å². The average molecular weight is 423 g/mol. The smallest absolute Gasteiger partial charge is 0.212 e. The van der Waals surface area contributed by atoms with Crippen LogP contribution < -0.4 is 5.73 Å². The maximum atomic E-state index is 13.6. The van der Waals surface area contributed by atoms with Crippen LogP contribution in [-0.4, -0.2) is 35.7 Å². The van der Waals surface area contributed by atoms with Crippen molar-refractivity contribution in [3.05, 3.63) is 54.1 Å². The third-order valence-electron chi connectivity index (χ3n) is 5.53. The molecule has 2 aromatic heterocycles. The number of para-hydroxylation sites is 2. The van der Waals surface area contributed by atoms with E-state index in [-0.39, 0.29) is 21.7 Å². The third kappa shape index (κ3) is 3.03. The lowest BCUT2D eigenvalue weighted by Gasteiger charge is -2.13. The van der Waals surface area contributed by atoms with Crippen molar-refractivity contribution in [2.75, 3.05) is 12.3 Å². The number of hydrogen-bond donors (Lipinski definition) is 1. The van der Waals surface area contributed by atoms with Gasteiger partial charge in [-0.2, -0.15) is 0 Å². The number of rotatable bonds is 4. The summed E-state index contributed by atoms with van der Waals surface area (Å²) in [6.07, 6.45) is 1.86. The molecule has 2 aromatic carbocycles. The molecule has 7 nitrogen and oxygen atoms in total. The predicted molar refractivity (Wildman–Crippen MR) is 115 cm³/mol. The molecule has 1 fully saturated rings. The molecule has 4 aromatic rings. The minimum Gasteiger partial charge on any atom is -0.384 e. The van der Waals surface area contributed by atoms with Crippen LogP contribution in [-0.2, 0) is 21.1 Å². The van der Waals surface area contributed by atoms with E-state index in [0.717, 1.165) is 18.4 Å². The quantitative estimate of drug-likeness (QED) is 0.540. The lowest BCUT2D eigenvalue weighted by Crippen LogP contribution is -2.17. The maximum Gasteiger partial charge on any atom is 0.212 e. The molecule has 0 radical (unpaired) electrons. The van der Waals surface area contributed by atoms with Crippen molar-refractivity contribution in [2.45, 2.75) is 42.2 Å². The molecule has 8 heteroatoms. The molecule has 1 aliphatic heterocycles. The zero-order valence-electron chi connectivity index (χ0n) is 16.6. The molecule has 0 bridgehead atoms. The van der Waals surface area contributed by atoms with E-state index in [0.29, 0.717) is 35.3 Å². The van der Waals surface area contributed by atoms with Gasteiger partial charge in [0.25, 0.3) is 0 Å². The van der Waals surface area contributed by atoms with Gasteiger partial charge in [0, 0.05) is 6.61 Å². The van der Waals surface area contributed by atoms with Crippen LogP contribution in [0, 0.1) is 6.92 Å². The molecule has 0 spiro atoms. The van der Waals surface area contributed by atoms with Gasteiger partial charge in [-0.3, -0.25) is 0 Å². The number of sulfone groups is 1. The summed E-state index contributed by atoms with van der Waals surface area (Å²) in [6.45, 7) is 3.00. The van der Waals surface area contributed by atoms with Crippen molar-refractivity contribution in [3.8, 4) is 0 Å². The Bertz CT molecular complexity index is 1370. The van der Waals surface area contributed by atoms with Gasteiger partial charge in [-0.25, -0.2) is 18.4 Å². The number of aromatic nitrogens is 3. The number of benzene rings is 2. The summed E-state index contributed by atoms with van der Waals surface area (Å²) in [7, 11) is -3.89. The molecular formula is C22H22N4O3S. The maximum absolute atomic E-state index is 13.6. The average Bonchev–Trinajstić information content (AvgIpc) is 3.33. The zero-order valence-corrected chi connectivity index (χ0v) is 17.4. The first-order chi connectivity index (χ1) is 14.4. The number of anilines is 1. The Kier molecular flexibility index (Phi) is 4.48. The highest BCUT2D eigenvalue weighted by molar-refractivity contribution is 7.92. The van der Waals surface area contributed by atoms with Crippen molar-refractivity contribution in [1.29, 1.82) is 0 Å². The molecule has 1 aliphatic rings. The van der Waals surface area contributed by atoms with Gasteiger partial charge in [-0.1, -0.05) is 24.3 Å². The van der Waals surface area contributed by atoms with Crippen LogP contribution in [0.2, 0.25) is 0 Å². The van der Waals surface area contributed by atoms with Gasteiger partial charge in [-0.05, 0) is 49.6 Å². The van der Waals surface area contributed by atoms with Crippen molar-refractivity contribution in [3.63, 3.8) is 0 Å². The van der Waals surface area contributed by atoms with E-state index in [1.165, 1.54) is 0 Å². The highest BCUT2D eigenvalue weighted by Crippen LogP contribution is 2.36. The fourth-order valence-corrected chi connectivity index (χ4v) is 5.64. The van der Waals surface area contributed by atoms with Gasteiger partial charge < -0.3 is 15.0 Å². The van der Waals surface area contributed by atoms with Gasteiger partial charge in [-0.15, -0.1) is 0 Å². The van der Waals surface area contributed by atoms with Gasteiger partial charge in [0.15, 0.2) is 5.65 Å². The SMILES string of the molecule is Cc1cccc(S(=O)(=O)c2c(N)n(C[C@@H]3CCCO3)c3nc4ccccc4nc23)c1. The molecule has 30 heavy (non-hydrogen) atoms. The highest BCUT2D eigenvalue weighted by atomic mass is 32.2. The van der Waals surface area contributed by atoms with Crippen molar-refractivity contribution < 1.29 is 13.2 Å². The molecule has 1 saturated heterocycles. The van der Waals surface area contributed by atoms with E-state index in [9.17, 15) is 8.42 Å². The summed E-state index contributed by atoms with van der Waals surface area (Å²) in [4.78, 5) is 9.60. The Balaban J connectivity index is 1.80. The molecule has 3 heterocycles. The van der Waals surface area contributed by atoms with Crippen LogP contribution in [0.15, 0.2) is 58.3 Å². The third-order valence-corrected chi connectivity index (χ3v) is 7.34. The van der Waals surface area contributed by atoms with Gasteiger partial charge >= 0.3 is 0 Å². The normalized spacial score (nSPS) is 17.2. The molecule has 0 amide bonds. The fraction of sp³-hybridized carbons (Fsp3) is 0.273. The van der Waals surface area contributed by atoms with Crippen LogP contribution in [0.4, 0.5) is 5.82 Å². The summed E-state index contributed by atoms with van der Waals surface area (Å²) in [6, 6.07) is 14.2. The number of nitrogens with two attached hydrogens (primary N) is 1. The summed E-state index contributed by atoms with van der Waals surface area (Å²) < 4.78 is 34.7. The number of aryl methyl sites for hydroxylation is 1. The summed E-state index contributed by atoms with van der Waals surface area (Å²) in [5.41, 5.74) is 9.40. The number of ether oxygens (including phenoxy) is 1. The Morgan fingerprint density at radius 3 is 2.60 bits per heavy atom. The Morgan fingerprint density at radius 2 is 1.90 bits per heavy atom. The largest absolute Gasteiger partial charge is 0.384 e. The first-order valence-corrected chi connectivity index (χ1v) is 11.4. The lowest BCUT2D eigenvalue weighted by molar-refractivity contribution is 0.0983. The molecule has 154 valence electrons. The number of hydrogen-bond acceptors (Lipinski definition) is 6. The molecule has 0 aliphatic carbocycles. The van der Waals surface area contributed by atoms with Crippen LogP contribution >= 0.6 is 0 Å². The molecule has 5 rings (SSSR count). The van der Waals surface area contributed by atoms with E-state index in [2.05, 4.69) is 4.98 Å². The summed E-state index contributed by atoms with van der Waals surface area (Å²) in [5.74, 6) is 0.150. The second-order valence-electron chi connectivity index (χ2n) is 7.66. The van der Waals surface area contributed by atoms with E-state index in [1.54, 1.807) is 22.8 Å². The highest BCUT2D eigenvalue weighted by Gasteiger charge is 2.31.